The molecular weight excluding hydrogens is 194 g/mol. The smallest absolute Gasteiger partial charge is 0.254 e. The first-order valence-electron chi connectivity index (χ1n) is 3.60. The average Bonchev–Trinajstić information content (AvgIpc) is 2.02. The van der Waals surface area contributed by atoms with E-state index in [-0.39, 0.29) is 23.7 Å². The SMILES string of the molecule is NC(=O)CCn1cnc(Cl)cc1=O. The number of aromatic nitrogens is 2. The van der Waals surface area contributed by atoms with E-state index in [9.17, 15) is 9.59 Å². The number of nitrogens with zero attached hydrogens (tertiary/aromatic N) is 2. The summed E-state index contributed by atoms with van der Waals surface area (Å²) >= 11 is 5.46. The van der Waals surface area contributed by atoms with Crippen molar-refractivity contribution < 1.29 is 4.79 Å². The highest BCUT2D eigenvalue weighted by atomic mass is 35.5. The largest absolute Gasteiger partial charge is 0.370 e. The molecule has 0 aromatic carbocycles. The summed E-state index contributed by atoms with van der Waals surface area (Å²) in [6.45, 7) is 0.234. The van der Waals surface area contributed by atoms with E-state index in [1.807, 2.05) is 0 Å². The molecule has 6 heteroatoms. The Morgan fingerprint density at radius 1 is 1.69 bits per heavy atom. The minimum Gasteiger partial charge on any atom is -0.370 e. The minimum atomic E-state index is -0.457. The van der Waals surface area contributed by atoms with E-state index < -0.39 is 5.91 Å². The molecule has 0 unspecified atom stereocenters. The molecule has 0 aliphatic carbocycles. The van der Waals surface area contributed by atoms with Crippen molar-refractivity contribution in [1.29, 1.82) is 0 Å². The second kappa shape index (κ2) is 4.04. The number of halogens is 1. The molecule has 0 saturated carbocycles. The molecule has 0 spiro atoms. The summed E-state index contributed by atoms with van der Waals surface area (Å²) in [5.74, 6) is -0.457. The van der Waals surface area contributed by atoms with Crippen molar-refractivity contribution in [3.8, 4) is 0 Å². The zero-order valence-electron chi connectivity index (χ0n) is 6.74. The van der Waals surface area contributed by atoms with E-state index in [2.05, 4.69) is 4.98 Å². The first-order valence-corrected chi connectivity index (χ1v) is 3.97. The van der Waals surface area contributed by atoms with Gasteiger partial charge in [0.2, 0.25) is 5.91 Å². The van der Waals surface area contributed by atoms with Crippen LogP contribution in [0.15, 0.2) is 17.2 Å². The fourth-order valence-corrected chi connectivity index (χ4v) is 0.939. The van der Waals surface area contributed by atoms with Gasteiger partial charge in [-0.15, -0.1) is 0 Å². The van der Waals surface area contributed by atoms with Gasteiger partial charge in [-0.25, -0.2) is 4.98 Å². The normalized spacial score (nSPS) is 9.92. The van der Waals surface area contributed by atoms with E-state index in [1.54, 1.807) is 0 Å². The number of carbonyl (C=O) groups is 1. The van der Waals surface area contributed by atoms with Crippen LogP contribution >= 0.6 is 11.6 Å². The third-order valence-electron chi connectivity index (χ3n) is 1.45. The minimum absolute atomic E-state index is 0.114. The molecule has 0 fully saturated rings. The highest BCUT2D eigenvalue weighted by Gasteiger charge is 1.99. The zero-order chi connectivity index (χ0) is 9.84. The standard InChI is InChI=1S/C7H8ClN3O2/c8-5-3-7(13)11(4-10-5)2-1-6(9)12/h3-4H,1-2H2,(H2,9,12). The van der Waals surface area contributed by atoms with Crippen molar-refractivity contribution in [2.24, 2.45) is 5.73 Å². The summed E-state index contributed by atoms with van der Waals surface area (Å²) in [5, 5.41) is 0.139. The molecular formula is C7H8ClN3O2. The molecule has 1 aromatic rings. The number of rotatable bonds is 3. The van der Waals surface area contributed by atoms with E-state index in [1.165, 1.54) is 17.0 Å². The third kappa shape index (κ3) is 2.87. The fourth-order valence-electron chi connectivity index (χ4n) is 0.802. The number of carbonyl (C=O) groups excluding carboxylic acids is 1. The molecule has 70 valence electrons. The number of hydrogen-bond donors (Lipinski definition) is 1. The van der Waals surface area contributed by atoms with Crippen LogP contribution in [-0.4, -0.2) is 15.5 Å². The Kier molecular flexibility index (Phi) is 3.02. The second-order valence-electron chi connectivity index (χ2n) is 2.46. The van der Waals surface area contributed by atoms with Gasteiger partial charge in [0, 0.05) is 19.0 Å². The number of aryl methyl sites for hydroxylation is 1. The van der Waals surface area contributed by atoms with Gasteiger partial charge in [-0.3, -0.25) is 14.2 Å². The lowest BCUT2D eigenvalue weighted by molar-refractivity contribution is -0.118. The molecule has 0 aliphatic rings. The maximum absolute atomic E-state index is 11.1. The summed E-state index contributed by atoms with van der Waals surface area (Å²) in [6.07, 6.45) is 1.40. The molecule has 2 N–H and O–H groups in total. The number of primary amides is 1. The van der Waals surface area contributed by atoms with E-state index in [4.69, 9.17) is 17.3 Å². The Balaban J connectivity index is 2.78. The fraction of sp³-hybridized carbons (Fsp3) is 0.286. The summed E-state index contributed by atoms with van der Waals surface area (Å²) < 4.78 is 1.27. The second-order valence-corrected chi connectivity index (χ2v) is 2.85. The lowest BCUT2D eigenvalue weighted by Gasteiger charge is -2.01. The number of hydrogen-bond acceptors (Lipinski definition) is 3. The van der Waals surface area contributed by atoms with Gasteiger partial charge in [-0.1, -0.05) is 11.6 Å². The Morgan fingerprint density at radius 2 is 2.38 bits per heavy atom. The molecule has 5 nitrogen and oxygen atoms in total. The topological polar surface area (TPSA) is 78.0 Å². The van der Waals surface area contributed by atoms with Crippen LogP contribution in [0.4, 0.5) is 0 Å². The molecule has 1 amide bonds. The molecule has 1 heterocycles. The highest BCUT2D eigenvalue weighted by Crippen LogP contribution is 1.96. The monoisotopic (exact) mass is 201 g/mol. The van der Waals surface area contributed by atoms with Crippen LogP contribution < -0.4 is 11.3 Å². The maximum Gasteiger partial charge on any atom is 0.254 e. The Bertz CT molecular complexity index is 374. The van der Waals surface area contributed by atoms with E-state index in [0.717, 1.165) is 0 Å². The predicted molar refractivity (Wildman–Crippen MR) is 47.3 cm³/mol. The highest BCUT2D eigenvalue weighted by molar-refractivity contribution is 6.29. The number of nitrogens with two attached hydrogens (primary N) is 1. The lowest BCUT2D eigenvalue weighted by atomic mass is 10.4. The van der Waals surface area contributed by atoms with Crippen LogP contribution in [0.5, 0.6) is 0 Å². The molecule has 0 atom stereocenters. The van der Waals surface area contributed by atoms with Gasteiger partial charge in [0.25, 0.3) is 5.56 Å². The Hall–Kier alpha value is -1.36. The van der Waals surface area contributed by atoms with E-state index >= 15 is 0 Å². The van der Waals surface area contributed by atoms with Crippen LogP contribution in [0.3, 0.4) is 0 Å². The van der Waals surface area contributed by atoms with Gasteiger partial charge >= 0.3 is 0 Å². The average molecular weight is 202 g/mol. The first kappa shape index (κ1) is 9.73. The van der Waals surface area contributed by atoms with Gasteiger partial charge in [0.1, 0.15) is 5.15 Å². The van der Waals surface area contributed by atoms with E-state index in [0.29, 0.717) is 0 Å². The lowest BCUT2D eigenvalue weighted by Crippen LogP contribution is -2.22. The zero-order valence-corrected chi connectivity index (χ0v) is 7.49. The van der Waals surface area contributed by atoms with Crippen molar-refractivity contribution in [3.05, 3.63) is 27.9 Å². The van der Waals surface area contributed by atoms with Crippen molar-refractivity contribution in [2.75, 3.05) is 0 Å². The Morgan fingerprint density at radius 3 is 2.92 bits per heavy atom. The molecule has 0 saturated heterocycles. The van der Waals surface area contributed by atoms with Crippen LogP contribution in [0, 0.1) is 0 Å². The van der Waals surface area contributed by atoms with Crippen LogP contribution in [0.2, 0.25) is 5.15 Å². The maximum atomic E-state index is 11.1. The molecule has 1 rings (SSSR count). The van der Waals surface area contributed by atoms with Gasteiger partial charge in [-0.05, 0) is 0 Å². The molecule has 0 radical (unpaired) electrons. The summed E-state index contributed by atoms with van der Waals surface area (Å²) in [7, 11) is 0. The van der Waals surface area contributed by atoms with Crippen LogP contribution in [0.25, 0.3) is 0 Å². The van der Waals surface area contributed by atoms with Crippen molar-refractivity contribution in [3.63, 3.8) is 0 Å². The Labute approximate surface area is 79.1 Å². The third-order valence-corrected chi connectivity index (χ3v) is 1.65. The van der Waals surface area contributed by atoms with Crippen molar-refractivity contribution in [2.45, 2.75) is 13.0 Å². The van der Waals surface area contributed by atoms with Crippen LogP contribution in [-0.2, 0) is 11.3 Å². The summed E-state index contributed by atoms with van der Waals surface area (Å²) in [4.78, 5) is 25.2. The molecule has 13 heavy (non-hydrogen) atoms. The molecule has 1 aromatic heterocycles. The predicted octanol–water partition coefficient (Wildman–Crippen LogP) is -0.228. The quantitative estimate of drug-likeness (QED) is 0.687. The molecule has 0 bridgehead atoms. The van der Waals surface area contributed by atoms with Crippen molar-refractivity contribution >= 4 is 17.5 Å². The van der Waals surface area contributed by atoms with Gasteiger partial charge in [0.05, 0.1) is 6.33 Å². The van der Waals surface area contributed by atoms with Gasteiger partial charge in [0.15, 0.2) is 0 Å². The van der Waals surface area contributed by atoms with Crippen LogP contribution in [0.1, 0.15) is 6.42 Å². The molecule has 0 aliphatic heterocycles. The van der Waals surface area contributed by atoms with Gasteiger partial charge in [-0.2, -0.15) is 0 Å². The number of amides is 1. The summed E-state index contributed by atoms with van der Waals surface area (Å²) in [5.41, 5.74) is 4.63. The van der Waals surface area contributed by atoms with Gasteiger partial charge < -0.3 is 5.73 Å². The summed E-state index contributed by atoms with van der Waals surface area (Å²) in [6, 6.07) is 1.18. The first-order chi connectivity index (χ1) is 6.09. The van der Waals surface area contributed by atoms with Crippen molar-refractivity contribution in [1.82, 2.24) is 9.55 Å².